The molecule has 3 fully saturated rings. The molecule has 3 aliphatic rings. The Morgan fingerprint density at radius 1 is 1.22 bits per heavy atom. The molecule has 2 aliphatic carbocycles. The summed E-state index contributed by atoms with van der Waals surface area (Å²) in [5.74, 6) is 3.14. The van der Waals surface area contributed by atoms with Gasteiger partial charge in [0.25, 0.3) is 0 Å². The molecule has 104 valence electrons. The van der Waals surface area contributed by atoms with Gasteiger partial charge in [-0.15, -0.1) is 0 Å². The average molecular weight is 250 g/mol. The average Bonchev–Trinajstić information content (AvgIpc) is 2.89. The number of hydrogen-bond acceptors (Lipinski definition) is 2. The highest BCUT2D eigenvalue weighted by Crippen LogP contribution is 2.50. The molecule has 1 heterocycles. The second-order valence-corrected chi connectivity index (χ2v) is 7.71. The summed E-state index contributed by atoms with van der Waals surface area (Å²) in [6, 6.07) is 0.805. The van der Waals surface area contributed by atoms with Gasteiger partial charge in [0.2, 0.25) is 0 Å². The minimum absolute atomic E-state index is 0.294. The van der Waals surface area contributed by atoms with Crippen LogP contribution in [0.1, 0.15) is 52.9 Å². The Labute approximate surface area is 113 Å². The van der Waals surface area contributed by atoms with Crippen LogP contribution in [0.15, 0.2) is 0 Å². The molecular formula is C16H30N2. The Morgan fingerprint density at radius 2 is 2.06 bits per heavy atom. The highest BCUT2D eigenvalue weighted by atomic mass is 15.2. The second kappa shape index (κ2) is 4.79. The van der Waals surface area contributed by atoms with E-state index in [-0.39, 0.29) is 0 Å². The third kappa shape index (κ3) is 2.46. The smallest absolute Gasteiger partial charge is 0.0252 e. The van der Waals surface area contributed by atoms with E-state index in [1.165, 1.54) is 45.3 Å². The number of nitrogens with one attached hydrogen (secondary N) is 1. The van der Waals surface area contributed by atoms with Gasteiger partial charge in [0.15, 0.2) is 0 Å². The van der Waals surface area contributed by atoms with Gasteiger partial charge in [-0.3, -0.25) is 4.90 Å². The van der Waals surface area contributed by atoms with E-state index >= 15 is 0 Å². The van der Waals surface area contributed by atoms with Crippen molar-refractivity contribution in [2.24, 2.45) is 17.8 Å². The van der Waals surface area contributed by atoms with Crippen LogP contribution >= 0.6 is 0 Å². The van der Waals surface area contributed by atoms with Gasteiger partial charge < -0.3 is 5.32 Å². The molecule has 2 bridgehead atoms. The van der Waals surface area contributed by atoms with Crippen molar-refractivity contribution in [1.82, 2.24) is 10.2 Å². The van der Waals surface area contributed by atoms with Gasteiger partial charge in [-0.05, 0) is 77.3 Å². The molecule has 0 spiro atoms. The highest BCUT2D eigenvalue weighted by Gasteiger charge is 2.43. The lowest BCUT2D eigenvalue weighted by Crippen LogP contribution is -2.50. The molecule has 2 saturated carbocycles. The van der Waals surface area contributed by atoms with Crippen LogP contribution in [0.25, 0.3) is 0 Å². The fourth-order valence-electron chi connectivity index (χ4n) is 4.85. The third-order valence-corrected chi connectivity index (χ3v) is 5.81. The van der Waals surface area contributed by atoms with E-state index in [1.54, 1.807) is 6.42 Å². The molecular weight excluding hydrogens is 220 g/mol. The minimum Gasteiger partial charge on any atom is -0.310 e. The summed E-state index contributed by atoms with van der Waals surface area (Å²) in [6.07, 6.45) is 7.44. The maximum atomic E-state index is 3.69. The van der Waals surface area contributed by atoms with Gasteiger partial charge in [0, 0.05) is 18.1 Å². The Balaban J connectivity index is 1.66. The first-order valence-electron chi connectivity index (χ1n) is 8.04. The molecule has 4 unspecified atom stereocenters. The van der Waals surface area contributed by atoms with Crippen molar-refractivity contribution in [2.45, 2.75) is 64.5 Å². The predicted octanol–water partition coefficient (Wildman–Crippen LogP) is 2.89. The molecule has 1 aliphatic heterocycles. The number of fused-ring (bicyclic) bond motifs is 2. The molecule has 0 aromatic carbocycles. The standard InChI is InChI=1S/C16H30N2/c1-12(15-10-13-5-6-14(15)9-13)18-8-4-7-17-16(2,3)11-18/h12-15,17H,4-11H2,1-3H3. The van der Waals surface area contributed by atoms with E-state index < -0.39 is 0 Å². The number of rotatable bonds is 2. The van der Waals surface area contributed by atoms with Gasteiger partial charge >= 0.3 is 0 Å². The van der Waals surface area contributed by atoms with Crippen LogP contribution < -0.4 is 5.32 Å². The molecule has 0 aromatic rings. The fourth-order valence-corrected chi connectivity index (χ4v) is 4.85. The lowest BCUT2D eigenvalue weighted by Gasteiger charge is -2.39. The van der Waals surface area contributed by atoms with Crippen molar-refractivity contribution in [3.05, 3.63) is 0 Å². The van der Waals surface area contributed by atoms with E-state index in [0.29, 0.717) is 5.54 Å². The Bertz CT molecular complexity index is 299. The summed E-state index contributed by atoms with van der Waals surface area (Å²) >= 11 is 0. The number of nitrogens with zero attached hydrogens (tertiary/aromatic N) is 1. The molecule has 18 heavy (non-hydrogen) atoms. The van der Waals surface area contributed by atoms with Crippen LogP contribution in [0.5, 0.6) is 0 Å². The Morgan fingerprint density at radius 3 is 2.72 bits per heavy atom. The van der Waals surface area contributed by atoms with E-state index in [1.807, 2.05) is 0 Å². The van der Waals surface area contributed by atoms with Gasteiger partial charge in [-0.25, -0.2) is 0 Å². The van der Waals surface area contributed by atoms with E-state index in [4.69, 9.17) is 0 Å². The molecule has 4 atom stereocenters. The molecule has 0 radical (unpaired) electrons. The summed E-state index contributed by atoms with van der Waals surface area (Å²) in [6.45, 7) is 10.9. The van der Waals surface area contributed by atoms with Crippen molar-refractivity contribution in [2.75, 3.05) is 19.6 Å². The summed E-state index contributed by atoms with van der Waals surface area (Å²) in [5.41, 5.74) is 0.294. The fraction of sp³-hybridized carbons (Fsp3) is 1.00. The summed E-state index contributed by atoms with van der Waals surface area (Å²) in [5, 5.41) is 3.69. The zero-order valence-corrected chi connectivity index (χ0v) is 12.4. The molecule has 1 saturated heterocycles. The normalized spacial score (nSPS) is 41.8. The van der Waals surface area contributed by atoms with E-state index in [2.05, 4.69) is 31.0 Å². The van der Waals surface area contributed by atoms with Crippen LogP contribution in [0.2, 0.25) is 0 Å². The monoisotopic (exact) mass is 250 g/mol. The third-order valence-electron chi connectivity index (χ3n) is 5.81. The lowest BCUT2D eigenvalue weighted by molar-refractivity contribution is 0.105. The predicted molar refractivity (Wildman–Crippen MR) is 76.7 cm³/mol. The number of hydrogen-bond donors (Lipinski definition) is 1. The van der Waals surface area contributed by atoms with Crippen molar-refractivity contribution >= 4 is 0 Å². The first-order valence-corrected chi connectivity index (χ1v) is 8.04. The molecule has 0 amide bonds. The Kier molecular flexibility index (Phi) is 3.44. The first kappa shape index (κ1) is 12.9. The quantitative estimate of drug-likeness (QED) is 0.811. The maximum Gasteiger partial charge on any atom is 0.0252 e. The van der Waals surface area contributed by atoms with Gasteiger partial charge in [-0.2, -0.15) is 0 Å². The van der Waals surface area contributed by atoms with Crippen LogP contribution in [0.4, 0.5) is 0 Å². The van der Waals surface area contributed by atoms with Gasteiger partial charge in [0.05, 0.1) is 0 Å². The molecule has 2 heteroatoms. The SMILES string of the molecule is CC(C1CC2CCC1C2)N1CCCNC(C)(C)C1. The van der Waals surface area contributed by atoms with E-state index in [0.717, 1.165) is 23.8 Å². The molecule has 3 rings (SSSR count). The van der Waals surface area contributed by atoms with Gasteiger partial charge in [0.1, 0.15) is 0 Å². The van der Waals surface area contributed by atoms with Crippen LogP contribution in [-0.4, -0.2) is 36.1 Å². The van der Waals surface area contributed by atoms with Crippen LogP contribution in [0, 0.1) is 17.8 Å². The van der Waals surface area contributed by atoms with Gasteiger partial charge in [-0.1, -0.05) is 6.42 Å². The van der Waals surface area contributed by atoms with Crippen LogP contribution in [0.3, 0.4) is 0 Å². The van der Waals surface area contributed by atoms with Crippen molar-refractivity contribution in [3.8, 4) is 0 Å². The molecule has 0 aromatic heterocycles. The summed E-state index contributed by atoms with van der Waals surface area (Å²) < 4.78 is 0. The first-order chi connectivity index (χ1) is 8.55. The minimum atomic E-state index is 0.294. The van der Waals surface area contributed by atoms with Crippen molar-refractivity contribution < 1.29 is 0 Å². The molecule has 2 nitrogen and oxygen atoms in total. The lowest BCUT2D eigenvalue weighted by atomic mass is 9.83. The topological polar surface area (TPSA) is 15.3 Å². The molecule has 1 N–H and O–H groups in total. The highest BCUT2D eigenvalue weighted by molar-refractivity contribution is 4.96. The summed E-state index contributed by atoms with van der Waals surface area (Å²) in [4.78, 5) is 2.78. The Hall–Kier alpha value is -0.0800. The van der Waals surface area contributed by atoms with E-state index in [9.17, 15) is 0 Å². The largest absolute Gasteiger partial charge is 0.310 e. The van der Waals surface area contributed by atoms with Crippen molar-refractivity contribution in [3.63, 3.8) is 0 Å². The second-order valence-electron chi connectivity index (χ2n) is 7.71. The zero-order chi connectivity index (χ0) is 12.8. The maximum absolute atomic E-state index is 3.69. The summed E-state index contributed by atoms with van der Waals surface area (Å²) in [7, 11) is 0. The zero-order valence-electron chi connectivity index (χ0n) is 12.4. The van der Waals surface area contributed by atoms with Crippen molar-refractivity contribution in [1.29, 1.82) is 0 Å². The van der Waals surface area contributed by atoms with Crippen LogP contribution in [-0.2, 0) is 0 Å².